The van der Waals surface area contributed by atoms with Crippen LogP contribution >= 0.6 is 23.2 Å². The first-order chi connectivity index (χ1) is 9.65. The van der Waals surface area contributed by atoms with Crippen LogP contribution in [-0.4, -0.2) is 32.6 Å². The molecule has 0 aromatic heterocycles. The summed E-state index contributed by atoms with van der Waals surface area (Å²) < 4.78 is 0. The number of nitrogens with zero attached hydrogens (tertiary/aromatic N) is 2. The van der Waals surface area contributed by atoms with Gasteiger partial charge in [-0.15, -0.1) is 23.2 Å². The fraction of sp³-hybridized carbons (Fsp3) is 0.857. The first-order valence-corrected chi connectivity index (χ1v) is 8.24. The van der Waals surface area contributed by atoms with Crippen molar-refractivity contribution in [2.24, 2.45) is 34.0 Å². The van der Waals surface area contributed by atoms with Gasteiger partial charge in [0.15, 0.2) is 0 Å². The van der Waals surface area contributed by atoms with Gasteiger partial charge in [-0.3, -0.25) is 0 Å². The summed E-state index contributed by atoms with van der Waals surface area (Å²) in [4.78, 5) is 0. The second kappa shape index (κ2) is 5.72. The van der Waals surface area contributed by atoms with Crippen molar-refractivity contribution >= 4 is 34.6 Å². The molecule has 6 unspecified atom stereocenters. The van der Waals surface area contributed by atoms with Crippen molar-refractivity contribution in [1.82, 2.24) is 0 Å². The normalized spacial score (nSPS) is 48.9. The molecule has 0 aliphatic heterocycles. The summed E-state index contributed by atoms with van der Waals surface area (Å²) in [6.45, 7) is 0. The molecule has 6 atom stereocenters. The number of oxime groups is 2. The van der Waals surface area contributed by atoms with E-state index in [1.807, 2.05) is 0 Å². The van der Waals surface area contributed by atoms with E-state index in [4.69, 9.17) is 33.6 Å². The summed E-state index contributed by atoms with van der Waals surface area (Å²) in [6.07, 6.45) is 7.08. The van der Waals surface area contributed by atoms with Gasteiger partial charge in [0.1, 0.15) is 0 Å². The molecule has 0 heterocycles. The lowest BCUT2D eigenvalue weighted by molar-refractivity contribution is 0.313. The fourth-order valence-corrected chi connectivity index (χ4v) is 5.21. The molecule has 6 heteroatoms. The van der Waals surface area contributed by atoms with Crippen molar-refractivity contribution in [3.63, 3.8) is 0 Å². The number of alkyl halides is 2. The standard InChI is InChI=1S/2C7H10ClNO/c2*8-6-4-1-2-5(3-4)7(6)9-10/h2*4-6,10H,1-3H2/b2*9-7-. The van der Waals surface area contributed by atoms with Gasteiger partial charge in [-0.2, -0.15) is 0 Å². The summed E-state index contributed by atoms with van der Waals surface area (Å²) >= 11 is 12.0. The highest BCUT2D eigenvalue weighted by molar-refractivity contribution is 6.34. The topological polar surface area (TPSA) is 65.2 Å². The molecule has 0 spiro atoms. The maximum atomic E-state index is 8.56. The number of fused-ring (bicyclic) bond motifs is 4. The highest BCUT2D eigenvalue weighted by Gasteiger charge is 2.45. The molecule has 4 aliphatic rings. The van der Waals surface area contributed by atoms with Crippen LogP contribution in [-0.2, 0) is 0 Å². The minimum Gasteiger partial charge on any atom is -0.411 e. The maximum Gasteiger partial charge on any atom is 0.0782 e. The molecule has 20 heavy (non-hydrogen) atoms. The first kappa shape index (κ1) is 14.5. The zero-order chi connectivity index (χ0) is 14.3. The Balaban J connectivity index is 0.000000121. The largest absolute Gasteiger partial charge is 0.411 e. The molecular formula is C14H20Cl2N2O2. The van der Waals surface area contributed by atoms with Crippen LogP contribution in [0.1, 0.15) is 38.5 Å². The molecule has 4 nitrogen and oxygen atoms in total. The smallest absolute Gasteiger partial charge is 0.0782 e. The molecule has 0 aromatic rings. The second-order valence-electron chi connectivity index (χ2n) is 6.39. The summed E-state index contributed by atoms with van der Waals surface area (Å²) in [7, 11) is 0. The molecule has 4 rings (SSSR count). The number of halogens is 2. The highest BCUT2D eigenvalue weighted by Crippen LogP contribution is 2.45. The highest BCUT2D eigenvalue weighted by atomic mass is 35.5. The van der Waals surface area contributed by atoms with Crippen LogP contribution in [0.3, 0.4) is 0 Å². The molecule has 4 saturated carbocycles. The lowest BCUT2D eigenvalue weighted by Crippen LogP contribution is -2.22. The Morgan fingerprint density at radius 3 is 1.35 bits per heavy atom. The Hall–Kier alpha value is -0.480. The van der Waals surface area contributed by atoms with Gasteiger partial charge in [0.05, 0.1) is 22.2 Å². The molecule has 0 aromatic carbocycles. The predicted molar refractivity (Wildman–Crippen MR) is 79.4 cm³/mol. The molecule has 4 bridgehead atoms. The van der Waals surface area contributed by atoms with Gasteiger partial charge < -0.3 is 10.4 Å². The van der Waals surface area contributed by atoms with E-state index in [-0.39, 0.29) is 10.8 Å². The lowest BCUT2D eigenvalue weighted by Gasteiger charge is -2.15. The van der Waals surface area contributed by atoms with E-state index in [0.29, 0.717) is 23.7 Å². The Labute approximate surface area is 128 Å². The Kier molecular flexibility index (Phi) is 4.14. The molecule has 0 radical (unpaired) electrons. The Morgan fingerprint density at radius 2 is 1.15 bits per heavy atom. The summed E-state index contributed by atoms with van der Waals surface area (Å²) in [6, 6.07) is 0. The molecule has 0 saturated heterocycles. The monoisotopic (exact) mass is 318 g/mol. The van der Waals surface area contributed by atoms with Crippen molar-refractivity contribution in [2.45, 2.75) is 49.3 Å². The van der Waals surface area contributed by atoms with Crippen molar-refractivity contribution in [3.05, 3.63) is 0 Å². The van der Waals surface area contributed by atoms with Crippen LogP contribution in [0.2, 0.25) is 0 Å². The van der Waals surface area contributed by atoms with Crippen molar-refractivity contribution < 1.29 is 10.4 Å². The quantitative estimate of drug-likeness (QED) is 0.406. The van der Waals surface area contributed by atoms with E-state index >= 15 is 0 Å². The van der Waals surface area contributed by atoms with Crippen molar-refractivity contribution in [2.75, 3.05) is 0 Å². The Bertz CT molecular complexity index is 393. The van der Waals surface area contributed by atoms with Gasteiger partial charge in [0, 0.05) is 11.8 Å². The van der Waals surface area contributed by atoms with Gasteiger partial charge in [0.2, 0.25) is 0 Å². The number of rotatable bonds is 0. The molecule has 4 fully saturated rings. The summed E-state index contributed by atoms with van der Waals surface area (Å²) in [5.41, 5.74) is 1.66. The third-order valence-electron chi connectivity index (χ3n) is 5.41. The van der Waals surface area contributed by atoms with Gasteiger partial charge in [-0.1, -0.05) is 10.3 Å². The maximum absolute atomic E-state index is 8.56. The van der Waals surface area contributed by atoms with Crippen LogP contribution in [0.5, 0.6) is 0 Å². The predicted octanol–water partition coefficient (Wildman–Crippen LogP) is 3.71. The van der Waals surface area contributed by atoms with E-state index < -0.39 is 0 Å². The van der Waals surface area contributed by atoms with Crippen LogP contribution in [0.25, 0.3) is 0 Å². The minimum atomic E-state index is 0.0312. The fourth-order valence-electron chi connectivity index (χ4n) is 4.31. The van der Waals surface area contributed by atoms with E-state index in [1.54, 1.807) is 0 Å². The van der Waals surface area contributed by atoms with Gasteiger partial charge >= 0.3 is 0 Å². The van der Waals surface area contributed by atoms with E-state index in [1.165, 1.54) is 25.7 Å². The van der Waals surface area contributed by atoms with Crippen molar-refractivity contribution in [1.29, 1.82) is 0 Å². The number of hydrogen-bond donors (Lipinski definition) is 2. The molecule has 0 amide bonds. The van der Waals surface area contributed by atoms with Gasteiger partial charge in [-0.25, -0.2) is 0 Å². The van der Waals surface area contributed by atoms with Crippen LogP contribution < -0.4 is 0 Å². The molecule has 2 N–H and O–H groups in total. The second-order valence-corrected chi connectivity index (χ2v) is 7.33. The lowest BCUT2D eigenvalue weighted by atomic mass is 9.98. The van der Waals surface area contributed by atoms with E-state index in [2.05, 4.69) is 10.3 Å². The molecular weight excluding hydrogens is 299 g/mol. The Morgan fingerprint density at radius 1 is 0.750 bits per heavy atom. The van der Waals surface area contributed by atoms with E-state index in [9.17, 15) is 0 Å². The van der Waals surface area contributed by atoms with E-state index in [0.717, 1.165) is 24.3 Å². The third-order valence-corrected chi connectivity index (χ3v) is 6.57. The average molecular weight is 319 g/mol. The van der Waals surface area contributed by atoms with Crippen LogP contribution in [0.15, 0.2) is 10.3 Å². The zero-order valence-corrected chi connectivity index (χ0v) is 12.8. The zero-order valence-electron chi connectivity index (χ0n) is 11.3. The first-order valence-electron chi connectivity index (χ1n) is 7.37. The third kappa shape index (κ3) is 2.31. The van der Waals surface area contributed by atoms with Gasteiger partial charge in [0.25, 0.3) is 0 Å². The van der Waals surface area contributed by atoms with Crippen molar-refractivity contribution in [3.8, 4) is 0 Å². The van der Waals surface area contributed by atoms with Crippen LogP contribution in [0, 0.1) is 23.7 Å². The number of hydrogen-bond acceptors (Lipinski definition) is 4. The minimum absolute atomic E-state index is 0.0312. The molecule has 4 aliphatic carbocycles. The SMILES string of the molecule is O/N=C1/C2CCC(C2)C1Cl.O/N=C1/C2CCC(C2)C1Cl. The van der Waals surface area contributed by atoms with Gasteiger partial charge in [-0.05, 0) is 50.4 Å². The summed E-state index contributed by atoms with van der Waals surface area (Å²) in [5.74, 6) is 2.19. The molecule has 112 valence electrons. The summed E-state index contributed by atoms with van der Waals surface area (Å²) in [5, 5.41) is 23.7. The van der Waals surface area contributed by atoms with Crippen LogP contribution in [0.4, 0.5) is 0 Å². The average Bonchev–Trinajstić information content (AvgIpc) is 3.19.